The van der Waals surface area contributed by atoms with Crippen LogP contribution in [0, 0.1) is 17.7 Å². The number of halogens is 2. The number of hydrogen-bond acceptors (Lipinski definition) is 8. The van der Waals surface area contributed by atoms with Crippen molar-refractivity contribution < 1.29 is 31.8 Å². The van der Waals surface area contributed by atoms with E-state index in [0.29, 0.717) is 6.54 Å². The third-order valence-electron chi connectivity index (χ3n) is 12.5. The van der Waals surface area contributed by atoms with Gasteiger partial charge in [-0.3, -0.25) is 4.90 Å². The Kier molecular flexibility index (Phi) is 9.71. The predicted octanol–water partition coefficient (Wildman–Crippen LogP) is 4.92. The van der Waals surface area contributed by atoms with Crippen molar-refractivity contribution in [2.24, 2.45) is 11.8 Å². The first-order valence-corrected chi connectivity index (χ1v) is 19.9. The highest BCUT2D eigenvalue weighted by Gasteiger charge is 2.54. The molecule has 50 heavy (non-hydrogen) atoms. The highest BCUT2D eigenvalue weighted by Crippen LogP contribution is 2.52. The number of alkyl halides is 1. The van der Waals surface area contributed by atoms with Gasteiger partial charge >= 0.3 is 6.09 Å². The fourth-order valence-corrected chi connectivity index (χ4v) is 11.9. The Bertz CT molecular complexity index is 1630. The first-order chi connectivity index (χ1) is 23.8. The quantitative estimate of drug-likeness (QED) is 0.339. The van der Waals surface area contributed by atoms with Gasteiger partial charge < -0.3 is 25.0 Å². The van der Waals surface area contributed by atoms with E-state index in [-0.39, 0.29) is 59.9 Å². The number of nitrogens with one attached hydrogen (secondary N) is 1. The van der Waals surface area contributed by atoms with Crippen molar-refractivity contribution in [1.82, 2.24) is 15.1 Å². The number of amides is 1. The molecular weight excluding hydrogens is 663 g/mol. The number of carbonyl (C=O) groups is 1. The Hall–Kier alpha value is -2.80. The number of hydrogen-bond donors (Lipinski definition) is 2. The average Bonchev–Trinajstić information content (AvgIpc) is 3.51. The van der Waals surface area contributed by atoms with Crippen molar-refractivity contribution >= 4 is 21.6 Å². The number of aliphatic hydroxyl groups is 1. The molecule has 5 aliphatic rings. The van der Waals surface area contributed by atoms with Gasteiger partial charge in [0.1, 0.15) is 5.82 Å². The zero-order valence-electron chi connectivity index (χ0n) is 29.3. The number of methoxy groups -OCH3 is 1. The summed E-state index contributed by atoms with van der Waals surface area (Å²) in [4.78, 5) is 19.4. The topological polar surface area (TPSA) is 102 Å². The molecule has 5 fully saturated rings. The van der Waals surface area contributed by atoms with Crippen molar-refractivity contribution in [3.05, 3.63) is 59.9 Å². The Morgan fingerprint density at radius 1 is 1.00 bits per heavy atom. The van der Waals surface area contributed by atoms with Crippen LogP contribution in [-0.4, -0.2) is 111 Å². The number of anilines is 1. The largest absolute Gasteiger partial charge is 0.453 e. The van der Waals surface area contributed by atoms with Crippen molar-refractivity contribution in [3.8, 4) is 0 Å². The second kappa shape index (κ2) is 13.6. The molecule has 12 heteroatoms. The van der Waals surface area contributed by atoms with E-state index in [1.807, 2.05) is 11.0 Å². The van der Waals surface area contributed by atoms with Crippen LogP contribution in [0.25, 0.3) is 0 Å². The van der Waals surface area contributed by atoms with Crippen LogP contribution in [0.1, 0.15) is 63.9 Å². The van der Waals surface area contributed by atoms with E-state index in [9.17, 15) is 22.7 Å². The Balaban J connectivity index is 1.02. The van der Waals surface area contributed by atoms with Crippen LogP contribution in [0.2, 0.25) is 0 Å². The van der Waals surface area contributed by atoms with Crippen molar-refractivity contribution in [3.63, 3.8) is 0 Å². The molecule has 1 amide bonds. The molecule has 7 rings (SSSR count). The summed E-state index contributed by atoms with van der Waals surface area (Å²) >= 11 is 0. The lowest BCUT2D eigenvalue weighted by Crippen LogP contribution is -2.65. The number of nitrogens with zero attached hydrogens (tertiary/aromatic N) is 3. The molecule has 2 aromatic rings. The van der Waals surface area contributed by atoms with Gasteiger partial charge in [-0.25, -0.2) is 22.0 Å². The SMILES string of the molecule is COC(=O)N[C@H]1CCC[C@@H]1C(CN1CCC1)(c1cccc(F)c1)C1CCN(CC2(F)CN(c3ccc(S(=O)(=O)C4CC(C)(O)C4)cc3)C2)CC1. The molecule has 0 radical (unpaired) electrons. The molecule has 2 saturated carbocycles. The second-order valence-electron chi connectivity index (χ2n) is 16.1. The van der Waals surface area contributed by atoms with Gasteiger partial charge in [0.05, 0.1) is 35.9 Å². The van der Waals surface area contributed by atoms with Gasteiger partial charge in [-0.2, -0.15) is 0 Å². The summed E-state index contributed by atoms with van der Waals surface area (Å²) in [6, 6.07) is 13.7. The number of ether oxygens (including phenoxy) is 1. The highest BCUT2D eigenvalue weighted by molar-refractivity contribution is 7.92. The monoisotopic (exact) mass is 714 g/mol. The molecule has 3 aliphatic heterocycles. The summed E-state index contributed by atoms with van der Waals surface area (Å²) in [5.41, 5.74) is -0.855. The van der Waals surface area contributed by atoms with E-state index in [1.165, 1.54) is 13.2 Å². The first kappa shape index (κ1) is 35.6. The Morgan fingerprint density at radius 3 is 2.30 bits per heavy atom. The second-order valence-corrected chi connectivity index (χ2v) is 18.3. The standard InChI is InChI=1S/C38H52F2N4O5S/c1-36(46)21-32(22-36)50(47,48)31-12-10-30(11-13-31)44-24-37(40,25-44)23-43-18-14-27(15-19-43)38(26-42-16-5-17-42,28-6-3-7-29(39)20-28)33-8-4-9-34(33)41-35(45)49-2/h3,6-7,10-13,20,27,32-34,46H,4-5,8-9,14-19,21-26H2,1-2H3,(H,41,45)/t32?,33-,34-,36?,38?/m0/s1. The van der Waals surface area contributed by atoms with Crippen molar-refractivity contribution in [2.45, 2.75) is 91.2 Å². The molecule has 0 aromatic heterocycles. The summed E-state index contributed by atoms with van der Waals surface area (Å²) < 4.78 is 62.0. The van der Waals surface area contributed by atoms with E-state index >= 15 is 4.39 Å². The molecule has 2 aromatic carbocycles. The van der Waals surface area contributed by atoms with Crippen LogP contribution in [0.4, 0.5) is 19.3 Å². The van der Waals surface area contributed by atoms with Crippen LogP contribution in [0.5, 0.6) is 0 Å². The van der Waals surface area contributed by atoms with E-state index in [4.69, 9.17) is 4.74 Å². The maximum atomic E-state index is 16.1. The van der Waals surface area contributed by atoms with Gasteiger partial charge in [-0.15, -0.1) is 0 Å². The summed E-state index contributed by atoms with van der Waals surface area (Å²) in [6.45, 7) is 6.82. The third-order valence-corrected chi connectivity index (χ3v) is 14.7. The molecule has 0 bridgehead atoms. The summed E-state index contributed by atoms with van der Waals surface area (Å²) in [7, 11) is -2.12. The minimum atomic E-state index is -3.51. The number of likely N-dealkylation sites (tertiary alicyclic amines) is 2. The van der Waals surface area contributed by atoms with Gasteiger partial charge in [-0.05, 0) is 132 Å². The van der Waals surface area contributed by atoms with Gasteiger partial charge in [0.15, 0.2) is 15.5 Å². The summed E-state index contributed by atoms with van der Waals surface area (Å²) in [5.74, 6) is 0.111. The predicted molar refractivity (Wildman–Crippen MR) is 188 cm³/mol. The van der Waals surface area contributed by atoms with Crippen LogP contribution in [0.15, 0.2) is 53.4 Å². The lowest BCUT2D eigenvalue weighted by Gasteiger charge is -2.54. The van der Waals surface area contributed by atoms with Gasteiger partial charge in [0, 0.05) is 30.2 Å². The molecule has 3 heterocycles. The minimum Gasteiger partial charge on any atom is -0.453 e. The summed E-state index contributed by atoms with van der Waals surface area (Å²) in [5, 5.41) is 12.6. The maximum Gasteiger partial charge on any atom is 0.407 e. The molecule has 274 valence electrons. The van der Waals surface area contributed by atoms with E-state index in [1.54, 1.807) is 37.3 Å². The number of carbonyl (C=O) groups excluding carboxylic acids is 1. The van der Waals surface area contributed by atoms with Crippen LogP contribution < -0.4 is 10.2 Å². The molecule has 2 aliphatic carbocycles. The number of sulfone groups is 1. The van der Waals surface area contributed by atoms with Gasteiger partial charge in [0.25, 0.3) is 0 Å². The van der Waals surface area contributed by atoms with Crippen molar-refractivity contribution in [1.29, 1.82) is 0 Å². The number of benzene rings is 2. The van der Waals surface area contributed by atoms with E-state index < -0.39 is 32.5 Å². The number of piperidine rings is 1. The first-order valence-electron chi connectivity index (χ1n) is 18.4. The molecule has 3 atom stereocenters. The molecule has 1 unspecified atom stereocenters. The fraction of sp³-hybridized carbons (Fsp3) is 0.658. The van der Waals surface area contributed by atoms with Crippen LogP contribution in [-0.2, 0) is 20.0 Å². The third kappa shape index (κ3) is 6.89. The Morgan fingerprint density at radius 2 is 1.70 bits per heavy atom. The zero-order valence-corrected chi connectivity index (χ0v) is 30.1. The number of alkyl carbamates (subject to hydrolysis) is 1. The Labute approximate surface area is 295 Å². The highest BCUT2D eigenvalue weighted by atomic mass is 32.2. The van der Waals surface area contributed by atoms with E-state index in [2.05, 4.69) is 21.2 Å². The zero-order chi connectivity index (χ0) is 35.3. The lowest BCUT2D eigenvalue weighted by molar-refractivity contribution is -0.0116. The van der Waals surface area contributed by atoms with Gasteiger partial charge in [0.2, 0.25) is 0 Å². The van der Waals surface area contributed by atoms with Crippen LogP contribution >= 0.6 is 0 Å². The fourth-order valence-electron chi connectivity index (χ4n) is 9.84. The summed E-state index contributed by atoms with van der Waals surface area (Å²) in [6.07, 6.45) is 5.70. The van der Waals surface area contributed by atoms with Crippen LogP contribution in [0.3, 0.4) is 0 Å². The smallest absolute Gasteiger partial charge is 0.407 e. The lowest BCUT2D eigenvalue weighted by atomic mass is 9.57. The average molecular weight is 715 g/mol. The normalized spacial score (nSPS) is 30.1. The molecule has 2 N–H and O–H groups in total. The van der Waals surface area contributed by atoms with Gasteiger partial charge in [-0.1, -0.05) is 18.6 Å². The molecule has 0 spiro atoms. The maximum absolute atomic E-state index is 16.1. The minimum absolute atomic E-state index is 0.0659. The molecular formula is C38H52F2N4O5S. The molecule has 9 nitrogen and oxygen atoms in total. The van der Waals surface area contributed by atoms with Crippen molar-refractivity contribution in [2.75, 3.05) is 64.4 Å². The molecule has 3 saturated heterocycles. The number of rotatable bonds is 11. The van der Waals surface area contributed by atoms with E-state index in [0.717, 1.165) is 82.5 Å².